The normalized spacial score (nSPS) is 28.5. The van der Waals surface area contributed by atoms with Gasteiger partial charge in [-0.2, -0.15) is 10.5 Å². The number of rotatable bonds is 2. The number of hydrogen-bond acceptors (Lipinski definition) is 4. The lowest BCUT2D eigenvalue weighted by molar-refractivity contribution is 0.00622. The van der Waals surface area contributed by atoms with Gasteiger partial charge in [-0.05, 0) is 37.8 Å². The van der Waals surface area contributed by atoms with Crippen LogP contribution >= 0.6 is 0 Å². The van der Waals surface area contributed by atoms with Crippen LogP contribution in [0.1, 0.15) is 37.7 Å². The van der Waals surface area contributed by atoms with E-state index in [1.54, 1.807) is 0 Å². The highest BCUT2D eigenvalue weighted by Gasteiger charge is 2.47. The Morgan fingerprint density at radius 2 is 1.71 bits per heavy atom. The third kappa shape index (κ3) is 2.23. The van der Waals surface area contributed by atoms with Crippen LogP contribution in [0.4, 0.5) is 5.69 Å². The number of aliphatic hydroxyl groups is 1. The molecule has 0 unspecified atom stereocenters. The van der Waals surface area contributed by atoms with Gasteiger partial charge < -0.3 is 10.0 Å². The van der Waals surface area contributed by atoms with E-state index in [0.29, 0.717) is 18.4 Å². The summed E-state index contributed by atoms with van der Waals surface area (Å²) in [6, 6.07) is 16.9. The molecule has 0 amide bonds. The number of nitrogens with zero attached hydrogens (tertiary/aromatic N) is 3. The second kappa shape index (κ2) is 5.51. The van der Waals surface area contributed by atoms with Gasteiger partial charge in [-0.3, -0.25) is 0 Å². The summed E-state index contributed by atoms with van der Waals surface area (Å²) in [5.41, 5.74) is 0.996. The molecule has 0 aromatic heterocycles. The Hall–Kier alpha value is -2.56. The first-order chi connectivity index (χ1) is 11.6. The molecule has 0 radical (unpaired) electrons. The lowest BCUT2D eigenvalue weighted by Gasteiger charge is -2.44. The summed E-state index contributed by atoms with van der Waals surface area (Å²) in [7, 11) is 0. The summed E-state index contributed by atoms with van der Waals surface area (Å²) < 4.78 is 0. The standard InChI is InChI=1S/C20H19N3O/c21-10-9-20(24)11-15-6-7-16(12-20)23(15)19-8-5-14(13-22)17-3-1-2-4-18(17)19/h1-5,8,15-16,24H,6-7,9,11-12H2/t15-,16+,20+. The molecule has 4 nitrogen and oxygen atoms in total. The molecule has 3 atom stereocenters. The fraction of sp³-hybridized carbons (Fsp3) is 0.400. The molecular weight excluding hydrogens is 298 g/mol. The minimum absolute atomic E-state index is 0.210. The molecule has 120 valence electrons. The van der Waals surface area contributed by atoms with Gasteiger partial charge in [0, 0.05) is 28.5 Å². The smallest absolute Gasteiger partial charge is 0.0998 e. The fourth-order valence-electron chi connectivity index (χ4n) is 4.61. The Labute approximate surface area is 141 Å². The van der Waals surface area contributed by atoms with Crippen LogP contribution in [0.5, 0.6) is 0 Å². The van der Waals surface area contributed by atoms with E-state index in [1.807, 2.05) is 30.3 Å². The number of fused-ring (bicyclic) bond motifs is 3. The van der Waals surface area contributed by atoms with Gasteiger partial charge in [0.15, 0.2) is 0 Å². The minimum Gasteiger partial charge on any atom is -0.389 e. The summed E-state index contributed by atoms with van der Waals surface area (Å²) in [5, 5.41) is 31.2. The molecule has 2 heterocycles. The first kappa shape index (κ1) is 15.0. The van der Waals surface area contributed by atoms with E-state index in [0.717, 1.165) is 29.3 Å². The first-order valence-electron chi connectivity index (χ1n) is 8.45. The van der Waals surface area contributed by atoms with Crippen LogP contribution in [0.2, 0.25) is 0 Å². The quantitative estimate of drug-likeness (QED) is 0.920. The third-order valence-electron chi connectivity index (χ3n) is 5.56. The van der Waals surface area contributed by atoms with Crippen molar-refractivity contribution in [1.29, 1.82) is 10.5 Å². The molecule has 2 aromatic carbocycles. The van der Waals surface area contributed by atoms with E-state index in [-0.39, 0.29) is 18.5 Å². The maximum absolute atomic E-state index is 10.7. The third-order valence-corrected chi connectivity index (χ3v) is 5.56. The van der Waals surface area contributed by atoms with Crippen LogP contribution in [0.15, 0.2) is 36.4 Å². The van der Waals surface area contributed by atoms with Crippen molar-refractivity contribution in [3.8, 4) is 12.1 Å². The minimum atomic E-state index is -0.848. The van der Waals surface area contributed by atoms with Crippen LogP contribution in [-0.2, 0) is 0 Å². The maximum Gasteiger partial charge on any atom is 0.0998 e. The predicted octanol–water partition coefficient (Wildman–Crippen LogP) is 3.49. The Kier molecular flexibility index (Phi) is 3.44. The van der Waals surface area contributed by atoms with E-state index in [9.17, 15) is 10.4 Å². The Balaban J connectivity index is 1.78. The molecule has 2 bridgehead atoms. The zero-order valence-electron chi connectivity index (χ0n) is 13.4. The highest BCUT2D eigenvalue weighted by atomic mass is 16.3. The van der Waals surface area contributed by atoms with Gasteiger partial charge in [0.1, 0.15) is 0 Å². The summed E-state index contributed by atoms with van der Waals surface area (Å²) in [4.78, 5) is 2.43. The summed E-state index contributed by atoms with van der Waals surface area (Å²) in [6.07, 6.45) is 3.60. The molecule has 2 aliphatic rings. The van der Waals surface area contributed by atoms with E-state index in [1.165, 1.54) is 0 Å². The molecule has 4 rings (SSSR count). The van der Waals surface area contributed by atoms with Crippen molar-refractivity contribution in [2.75, 3.05) is 4.90 Å². The van der Waals surface area contributed by atoms with E-state index in [2.05, 4.69) is 23.1 Å². The highest BCUT2D eigenvalue weighted by Crippen LogP contribution is 2.46. The molecule has 2 fully saturated rings. The molecule has 0 spiro atoms. The van der Waals surface area contributed by atoms with Crippen LogP contribution < -0.4 is 4.90 Å². The number of hydrogen-bond donors (Lipinski definition) is 1. The largest absolute Gasteiger partial charge is 0.389 e. The van der Waals surface area contributed by atoms with Crippen molar-refractivity contribution < 1.29 is 5.11 Å². The molecule has 24 heavy (non-hydrogen) atoms. The van der Waals surface area contributed by atoms with Crippen molar-refractivity contribution in [3.63, 3.8) is 0 Å². The zero-order chi connectivity index (χ0) is 16.7. The number of piperidine rings is 1. The number of nitriles is 2. The van der Waals surface area contributed by atoms with Crippen molar-refractivity contribution >= 4 is 16.5 Å². The zero-order valence-corrected chi connectivity index (χ0v) is 13.4. The van der Waals surface area contributed by atoms with Gasteiger partial charge in [-0.15, -0.1) is 0 Å². The summed E-state index contributed by atoms with van der Waals surface area (Å²) >= 11 is 0. The lowest BCUT2D eigenvalue weighted by Crippen LogP contribution is -2.51. The Morgan fingerprint density at radius 1 is 1.04 bits per heavy atom. The van der Waals surface area contributed by atoms with Crippen molar-refractivity contribution in [3.05, 3.63) is 42.0 Å². The van der Waals surface area contributed by atoms with E-state index >= 15 is 0 Å². The van der Waals surface area contributed by atoms with Gasteiger partial charge in [0.2, 0.25) is 0 Å². The number of anilines is 1. The molecular formula is C20H19N3O. The molecule has 2 aromatic rings. The molecule has 1 N–H and O–H groups in total. The molecule has 2 aliphatic heterocycles. The molecule has 0 aliphatic carbocycles. The van der Waals surface area contributed by atoms with Crippen LogP contribution in [0, 0.1) is 22.7 Å². The van der Waals surface area contributed by atoms with Crippen molar-refractivity contribution in [2.24, 2.45) is 0 Å². The van der Waals surface area contributed by atoms with Gasteiger partial charge in [0.05, 0.1) is 29.7 Å². The van der Waals surface area contributed by atoms with E-state index < -0.39 is 5.60 Å². The first-order valence-corrected chi connectivity index (χ1v) is 8.45. The highest BCUT2D eigenvalue weighted by molar-refractivity contribution is 5.98. The summed E-state index contributed by atoms with van der Waals surface area (Å²) in [6.45, 7) is 0. The van der Waals surface area contributed by atoms with Gasteiger partial charge in [0.25, 0.3) is 0 Å². The van der Waals surface area contributed by atoms with Gasteiger partial charge >= 0.3 is 0 Å². The topological polar surface area (TPSA) is 71.0 Å². The van der Waals surface area contributed by atoms with Crippen molar-refractivity contribution in [1.82, 2.24) is 0 Å². The van der Waals surface area contributed by atoms with Crippen LogP contribution in [-0.4, -0.2) is 22.8 Å². The summed E-state index contributed by atoms with van der Waals surface area (Å²) in [5.74, 6) is 0. The monoisotopic (exact) mass is 317 g/mol. The predicted molar refractivity (Wildman–Crippen MR) is 92.4 cm³/mol. The van der Waals surface area contributed by atoms with Gasteiger partial charge in [-0.25, -0.2) is 0 Å². The van der Waals surface area contributed by atoms with Gasteiger partial charge in [-0.1, -0.05) is 24.3 Å². The van der Waals surface area contributed by atoms with Crippen molar-refractivity contribution in [2.45, 2.75) is 49.8 Å². The average molecular weight is 317 g/mol. The number of benzene rings is 2. The fourth-order valence-corrected chi connectivity index (χ4v) is 4.61. The average Bonchev–Trinajstić information content (AvgIpc) is 2.86. The molecule has 4 heteroatoms. The molecule has 0 saturated carbocycles. The van der Waals surface area contributed by atoms with E-state index in [4.69, 9.17) is 5.26 Å². The lowest BCUT2D eigenvalue weighted by atomic mass is 9.83. The molecule has 2 saturated heterocycles. The second-order valence-corrected chi connectivity index (χ2v) is 7.05. The second-order valence-electron chi connectivity index (χ2n) is 7.05. The Morgan fingerprint density at radius 3 is 2.33 bits per heavy atom. The maximum atomic E-state index is 10.7. The van der Waals surface area contributed by atoms with Crippen LogP contribution in [0.3, 0.4) is 0 Å². The SMILES string of the molecule is N#CC[C@]1(O)C[C@H]2CC[C@@H](C1)N2c1ccc(C#N)c2ccccc12. The van der Waals surface area contributed by atoms with Crippen LogP contribution in [0.25, 0.3) is 10.8 Å². The Bertz CT molecular complexity index is 863.